The van der Waals surface area contributed by atoms with Crippen LogP contribution in [-0.2, 0) is 11.3 Å². The van der Waals surface area contributed by atoms with Gasteiger partial charge in [0.2, 0.25) is 0 Å². The topological polar surface area (TPSA) is 27.7 Å². The van der Waals surface area contributed by atoms with E-state index < -0.39 is 0 Å². The van der Waals surface area contributed by atoms with Gasteiger partial charge in [-0.15, -0.1) is 0 Å². The maximum Gasteiger partial charge on any atom is 0.0587 e. The van der Waals surface area contributed by atoms with Crippen LogP contribution in [0, 0.1) is 0 Å². The lowest BCUT2D eigenvalue weighted by molar-refractivity contribution is 0.199. The minimum absolute atomic E-state index is 0.500. The molecule has 5 heteroatoms. The van der Waals surface area contributed by atoms with E-state index in [2.05, 4.69) is 41.2 Å². The molecule has 4 nitrogen and oxygen atoms in total. The van der Waals surface area contributed by atoms with Gasteiger partial charge in [0.15, 0.2) is 0 Å². The second-order valence-corrected chi connectivity index (χ2v) is 6.18. The first kappa shape index (κ1) is 16.6. The third-order valence-electron chi connectivity index (χ3n) is 3.99. The van der Waals surface area contributed by atoms with Crippen molar-refractivity contribution in [2.75, 3.05) is 51.8 Å². The van der Waals surface area contributed by atoms with Crippen LogP contribution in [0.5, 0.6) is 0 Å². The molecule has 1 heterocycles. The van der Waals surface area contributed by atoms with Gasteiger partial charge in [-0.1, -0.05) is 17.7 Å². The van der Waals surface area contributed by atoms with E-state index in [0.717, 1.165) is 44.4 Å². The molecular weight excluding hydrogens is 286 g/mol. The molecule has 0 spiro atoms. The standard InChI is InChI=1S/C16H26ClN3O/c1-13-12-19(2)7-8-20(13)16-10-15(17)5-4-14(16)11-18-6-9-21-3/h4-5,10,13,18H,6-9,11-12H2,1-3H3. The number of hydrogen-bond acceptors (Lipinski definition) is 4. The second-order valence-electron chi connectivity index (χ2n) is 5.75. The predicted molar refractivity (Wildman–Crippen MR) is 89.3 cm³/mol. The summed E-state index contributed by atoms with van der Waals surface area (Å²) in [4.78, 5) is 4.85. The molecule has 1 aromatic carbocycles. The molecule has 1 fully saturated rings. The first-order valence-electron chi connectivity index (χ1n) is 7.55. The summed E-state index contributed by atoms with van der Waals surface area (Å²) in [6, 6.07) is 6.69. The van der Waals surface area contributed by atoms with Crippen LogP contribution in [0.3, 0.4) is 0 Å². The van der Waals surface area contributed by atoms with Crippen LogP contribution < -0.4 is 10.2 Å². The van der Waals surface area contributed by atoms with Crippen molar-refractivity contribution in [1.29, 1.82) is 0 Å². The Kier molecular flexibility index (Phi) is 6.30. The first-order chi connectivity index (χ1) is 10.1. The molecule has 0 amide bonds. The summed E-state index contributed by atoms with van der Waals surface area (Å²) in [5.74, 6) is 0. The van der Waals surface area contributed by atoms with Crippen LogP contribution in [0.15, 0.2) is 18.2 Å². The Balaban J connectivity index is 2.11. The van der Waals surface area contributed by atoms with Crippen molar-refractivity contribution >= 4 is 17.3 Å². The van der Waals surface area contributed by atoms with Crippen molar-refractivity contribution in [2.24, 2.45) is 0 Å². The van der Waals surface area contributed by atoms with Crippen molar-refractivity contribution in [1.82, 2.24) is 10.2 Å². The Morgan fingerprint density at radius 3 is 2.90 bits per heavy atom. The number of halogens is 1. The molecule has 0 bridgehead atoms. The van der Waals surface area contributed by atoms with Gasteiger partial charge < -0.3 is 19.9 Å². The molecule has 1 N–H and O–H groups in total. The van der Waals surface area contributed by atoms with Gasteiger partial charge in [-0.2, -0.15) is 0 Å². The minimum Gasteiger partial charge on any atom is -0.383 e. The third-order valence-corrected chi connectivity index (χ3v) is 4.22. The van der Waals surface area contributed by atoms with Gasteiger partial charge in [0.25, 0.3) is 0 Å². The Labute approximate surface area is 133 Å². The largest absolute Gasteiger partial charge is 0.383 e. The maximum atomic E-state index is 6.22. The van der Waals surface area contributed by atoms with Gasteiger partial charge >= 0.3 is 0 Å². The monoisotopic (exact) mass is 311 g/mol. The predicted octanol–water partition coefficient (Wildman–Crippen LogP) is 2.22. The van der Waals surface area contributed by atoms with Gasteiger partial charge in [0.05, 0.1) is 6.61 Å². The molecule has 1 unspecified atom stereocenters. The fourth-order valence-electron chi connectivity index (χ4n) is 2.85. The Bertz CT molecular complexity index is 455. The summed E-state index contributed by atoms with van der Waals surface area (Å²) in [6.45, 7) is 7.93. The fraction of sp³-hybridized carbons (Fsp3) is 0.625. The molecule has 0 aromatic heterocycles. The molecular formula is C16H26ClN3O. The van der Waals surface area contributed by atoms with Crippen molar-refractivity contribution < 1.29 is 4.74 Å². The third kappa shape index (κ3) is 4.58. The van der Waals surface area contributed by atoms with Crippen LogP contribution in [0.25, 0.3) is 0 Å². The maximum absolute atomic E-state index is 6.22. The zero-order valence-corrected chi connectivity index (χ0v) is 14.0. The van der Waals surface area contributed by atoms with Crippen LogP contribution >= 0.6 is 11.6 Å². The molecule has 1 saturated heterocycles. The van der Waals surface area contributed by atoms with Crippen LogP contribution in [0.1, 0.15) is 12.5 Å². The summed E-state index contributed by atoms with van der Waals surface area (Å²) in [5, 5.41) is 4.22. The molecule has 21 heavy (non-hydrogen) atoms. The Morgan fingerprint density at radius 2 is 2.19 bits per heavy atom. The summed E-state index contributed by atoms with van der Waals surface area (Å²) in [7, 11) is 3.90. The Morgan fingerprint density at radius 1 is 1.38 bits per heavy atom. The van der Waals surface area contributed by atoms with E-state index in [1.165, 1.54) is 11.3 Å². The van der Waals surface area contributed by atoms with Crippen LogP contribution in [0.2, 0.25) is 5.02 Å². The van der Waals surface area contributed by atoms with Crippen LogP contribution in [-0.4, -0.2) is 57.9 Å². The molecule has 1 aliphatic rings. The van der Waals surface area contributed by atoms with E-state index in [-0.39, 0.29) is 0 Å². The molecule has 1 aromatic rings. The lowest BCUT2D eigenvalue weighted by Crippen LogP contribution is -2.50. The first-order valence-corrected chi connectivity index (χ1v) is 7.93. The highest BCUT2D eigenvalue weighted by Crippen LogP contribution is 2.28. The average molecular weight is 312 g/mol. The van der Waals surface area contributed by atoms with Crippen LogP contribution in [0.4, 0.5) is 5.69 Å². The normalized spacial score (nSPS) is 20.0. The molecule has 0 saturated carbocycles. The van der Waals surface area contributed by atoms with Gasteiger partial charge in [-0.25, -0.2) is 0 Å². The minimum atomic E-state index is 0.500. The number of nitrogens with one attached hydrogen (secondary N) is 1. The summed E-state index contributed by atoms with van der Waals surface area (Å²) < 4.78 is 5.07. The molecule has 1 aliphatic heterocycles. The van der Waals surface area contributed by atoms with Gasteiger partial charge in [-0.3, -0.25) is 0 Å². The number of benzene rings is 1. The SMILES string of the molecule is COCCNCc1ccc(Cl)cc1N1CCN(C)CC1C. The Hall–Kier alpha value is -0.810. The molecule has 0 radical (unpaired) electrons. The number of piperazine rings is 1. The lowest BCUT2D eigenvalue weighted by Gasteiger charge is -2.40. The number of ether oxygens (including phenoxy) is 1. The van der Waals surface area contributed by atoms with E-state index in [9.17, 15) is 0 Å². The summed E-state index contributed by atoms with van der Waals surface area (Å²) in [6.07, 6.45) is 0. The number of anilines is 1. The van der Waals surface area contributed by atoms with Gasteiger partial charge in [0, 0.05) is 56.6 Å². The van der Waals surface area contributed by atoms with E-state index >= 15 is 0 Å². The number of nitrogens with zero attached hydrogens (tertiary/aromatic N) is 2. The van der Waals surface area contributed by atoms with Crippen molar-refractivity contribution in [3.63, 3.8) is 0 Å². The van der Waals surface area contributed by atoms with Crippen molar-refractivity contribution in [3.8, 4) is 0 Å². The number of hydrogen-bond donors (Lipinski definition) is 1. The number of likely N-dealkylation sites (N-methyl/N-ethyl adjacent to an activating group) is 1. The van der Waals surface area contributed by atoms with Crippen molar-refractivity contribution in [3.05, 3.63) is 28.8 Å². The molecule has 2 rings (SSSR count). The van der Waals surface area contributed by atoms with Gasteiger partial charge in [-0.05, 0) is 31.7 Å². The highest BCUT2D eigenvalue weighted by Gasteiger charge is 2.23. The quantitative estimate of drug-likeness (QED) is 0.815. The van der Waals surface area contributed by atoms with E-state index in [1.54, 1.807) is 7.11 Å². The van der Waals surface area contributed by atoms with E-state index in [4.69, 9.17) is 16.3 Å². The fourth-order valence-corrected chi connectivity index (χ4v) is 3.02. The molecule has 0 aliphatic carbocycles. The molecule has 1 atom stereocenters. The van der Waals surface area contributed by atoms with Gasteiger partial charge in [0.1, 0.15) is 0 Å². The lowest BCUT2D eigenvalue weighted by atomic mass is 10.1. The number of methoxy groups -OCH3 is 1. The van der Waals surface area contributed by atoms with Crippen molar-refractivity contribution in [2.45, 2.75) is 19.5 Å². The van der Waals surface area contributed by atoms with E-state index in [1.807, 2.05) is 6.07 Å². The smallest absolute Gasteiger partial charge is 0.0587 e. The summed E-state index contributed by atoms with van der Waals surface area (Å²) >= 11 is 6.22. The summed E-state index contributed by atoms with van der Waals surface area (Å²) in [5.41, 5.74) is 2.56. The average Bonchev–Trinajstić information content (AvgIpc) is 2.45. The zero-order valence-electron chi connectivity index (χ0n) is 13.2. The number of rotatable bonds is 6. The van der Waals surface area contributed by atoms with E-state index in [0.29, 0.717) is 6.04 Å². The second kappa shape index (κ2) is 7.99. The highest BCUT2D eigenvalue weighted by molar-refractivity contribution is 6.30. The molecule has 118 valence electrons. The zero-order chi connectivity index (χ0) is 15.2. The highest BCUT2D eigenvalue weighted by atomic mass is 35.5.